The number of hydrogen-bond acceptors (Lipinski definition) is 3. The summed E-state index contributed by atoms with van der Waals surface area (Å²) < 4.78 is 46.5. The fraction of sp³-hybridized carbons (Fsp3) is 0.684. The van der Waals surface area contributed by atoms with E-state index in [4.69, 9.17) is 4.74 Å². The lowest BCUT2D eigenvalue weighted by Crippen LogP contribution is -2.29. The second-order valence-corrected chi connectivity index (χ2v) is 9.63. The third-order valence-corrected chi connectivity index (χ3v) is 5.28. The summed E-state index contributed by atoms with van der Waals surface area (Å²) in [6, 6.07) is 4.04. The smallest absolute Gasteiger partial charge is 0.212 e. The third kappa shape index (κ3) is 8.68. The number of benzene rings is 1. The maximum atomic E-state index is 13.9. The van der Waals surface area contributed by atoms with Crippen LogP contribution in [0.2, 0.25) is 0 Å². The Labute approximate surface area is 152 Å². The molecule has 25 heavy (non-hydrogen) atoms. The van der Waals surface area contributed by atoms with E-state index >= 15 is 0 Å². The molecule has 144 valence electrons. The predicted molar refractivity (Wildman–Crippen MR) is 101 cm³/mol. The molecule has 0 fully saturated rings. The second kappa shape index (κ2) is 9.53. The molecule has 0 heterocycles. The molecule has 0 aliphatic carbocycles. The largest absolute Gasteiger partial charge is 0.490 e. The average molecular weight is 374 g/mol. The summed E-state index contributed by atoms with van der Waals surface area (Å²) in [7, 11) is -3.35. The number of hydrogen-bond donors (Lipinski definition) is 1. The molecule has 1 aromatic rings. The van der Waals surface area contributed by atoms with Gasteiger partial charge >= 0.3 is 0 Å². The van der Waals surface area contributed by atoms with Crippen molar-refractivity contribution in [3.05, 3.63) is 29.6 Å². The molecular formula is C19H32FNO3S. The molecule has 0 spiro atoms. The molecule has 0 aliphatic heterocycles. The summed E-state index contributed by atoms with van der Waals surface area (Å²) in [4.78, 5) is 0. The maximum Gasteiger partial charge on any atom is 0.212 e. The fourth-order valence-corrected chi connectivity index (χ4v) is 3.69. The zero-order valence-electron chi connectivity index (χ0n) is 16.1. The van der Waals surface area contributed by atoms with Crippen molar-refractivity contribution in [2.24, 2.45) is 5.41 Å². The van der Waals surface area contributed by atoms with E-state index in [1.54, 1.807) is 19.1 Å². The minimum Gasteiger partial charge on any atom is -0.490 e. The number of sulfonamides is 1. The molecule has 1 N–H and O–H groups in total. The lowest BCUT2D eigenvalue weighted by molar-refractivity contribution is 0.191. The van der Waals surface area contributed by atoms with Crippen LogP contribution in [-0.2, 0) is 10.0 Å². The van der Waals surface area contributed by atoms with Gasteiger partial charge in [0.1, 0.15) is 0 Å². The first-order chi connectivity index (χ1) is 11.5. The Morgan fingerprint density at radius 3 is 2.48 bits per heavy atom. The molecule has 1 rings (SSSR count). The van der Waals surface area contributed by atoms with Crippen molar-refractivity contribution in [3.8, 4) is 5.75 Å². The first kappa shape index (κ1) is 21.9. The molecule has 0 radical (unpaired) electrons. The van der Waals surface area contributed by atoms with Crippen molar-refractivity contribution >= 4 is 10.0 Å². The summed E-state index contributed by atoms with van der Waals surface area (Å²) in [6.45, 7) is 10.2. The molecular weight excluding hydrogens is 341 g/mol. The first-order valence-electron chi connectivity index (χ1n) is 8.96. The van der Waals surface area contributed by atoms with Gasteiger partial charge in [0, 0.05) is 6.04 Å². The quantitative estimate of drug-likeness (QED) is 0.599. The number of unbranched alkanes of at least 4 members (excludes halogenated alkanes) is 3. The highest BCUT2D eigenvalue weighted by molar-refractivity contribution is 7.89. The normalized spacial score (nSPS) is 13.7. The van der Waals surface area contributed by atoms with Gasteiger partial charge in [-0.3, -0.25) is 0 Å². The fourth-order valence-electron chi connectivity index (χ4n) is 2.31. The lowest BCUT2D eigenvalue weighted by atomic mass is 9.98. The Balaban J connectivity index is 2.73. The van der Waals surface area contributed by atoms with Crippen molar-refractivity contribution in [2.45, 2.75) is 66.3 Å². The summed E-state index contributed by atoms with van der Waals surface area (Å²) in [5.41, 5.74) is 0.594. The Morgan fingerprint density at radius 1 is 1.20 bits per heavy atom. The van der Waals surface area contributed by atoms with E-state index in [0.717, 1.165) is 19.3 Å². The molecule has 4 nitrogen and oxygen atoms in total. The van der Waals surface area contributed by atoms with Gasteiger partial charge in [0.2, 0.25) is 10.0 Å². The van der Waals surface area contributed by atoms with Crippen LogP contribution in [0.1, 0.15) is 71.9 Å². The van der Waals surface area contributed by atoms with Crippen LogP contribution in [-0.4, -0.2) is 20.8 Å². The molecule has 0 unspecified atom stereocenters. The summed E-state index contributed by atoms with van der Waals surface area (Å²) >= 11 is 0. The summed E-state index contributed by atoms with van der Waals surface area (Å²) in [6.07, 6.45) is 3.67. The number of ether oxygens (including phenoxy) is 1. The SMILES string of the molecule is CCCCCCS(=O)(=O)N[C@H](C)c1ccc(F)c(OCC(C)(C)C)c1. The molecule has 0 amide bonds. The Bertz CT molecular complexity index is 639. The van der Waals surface area contributed by atoms with Crippen molar-refractivity contribution in [2.75, 3.05) is 12.4 Å². The Hall–Kier alpha value is -1.14. The van der Waals surface area contributed by atoms with E-state index in [1.807, 2.05) is 20.8 Å². The van der Waals surface area contributed by atoms with Gasteiger partial charge in [0.25, 0.3) is 0 Å². The third-order valence-electron chi connectivity index (χ3n) is 3.74. The van der Waals surface area contributed by atoms with Crippen molar-refractivity contribution in [3.63, 3.8) is 0 Å². The van der Waals surface area contributed by atoms with E-state index < -0.39 is 21.9 Å². The van der Waals surface area contributed by atoms with E-state index in [1.165, 1.54) is 6.07 Å². The molecule has 1 aromatic carbocycles. The molecule has 0 bridgehead atoms. The number of rotatable bonds is 10. The second-order valence-electron chi connectivity index (χ2n) is 7.76. The van der Waals surface area contributed by atoms with Crippen LogP contribution >= 0.6 is 0 Å². The number of nitrogens with one attached hydrogen (secondary N) is 1. The summed E-state index contributed by atoms with van der Waals surface area (Å²) in [5.74, 6) is -0.171. The Morgan fingerprint density at radius 2 is 1.88 bits per heavy atom. The van der Waals surface area contributed by atoms with E-state index in [-0.39, 0.29) is 16.9 Å². The zero-order valence-corrected chi connectivity index (χ0v) is 16.9. The highest BCUT2D eigenvalue weighted by Crippen LogP contribution is 2.25. The molecule has 0 aromatic heterocycles. The molecule has 6 heteroatoms. The van der Waals surface area contributed by atoms with Crippen LogP contribution in [0.15, 0.2) is 18.2 Å². The van der Waals surface area contributed by atoms with Crippen LogP contribution in [0.25, 0.3) is 0 Å². The van der Waals surface area contributed by atoms with E-state index in [9.17, 15) is 12.8 Å². The average Bonchev–Trinajstić information content (AvgIpc) is 2.49. The van der Waals surface area contributed by atoms with Crippen LogP contribution < -0.4 is 9.46 Å². The van der Waals surface area contributed by atoms with Gasteiger partial charge in [-0.25, -0.2) is 17.5 Å². The van der Waals surface area contributed by atoms with Crippen molar-refractivity contribution < 1.29 is 17.5 Å². The minimum atomic E-state index is -3.35. The first-order valence-corrected chi connectivity index (χ1v) is 10.6. The van der Waals surface area contributed by atoms with Gasteiger partial charge in [-0.05, 0) is 36.5 Å². The van der Waals surface area contributed by atoms with E-state index in [0.29, 0.717) is 18.6 Å². The minimum absolute atomic E-state index is 0.0891. The molecule has 1 atom stereocenters. The van der Waals surface area contributed by atoms with Gasteiger partial charge in [-0.15, -0.1) is 0 Å². The zero-order chi connectivity index (χ0) is 19.1. The van der Waals surface area contributed by atoms with Gasteiger partial charge in [0.15, 0.2) is 11.6 Å². The molecule has 0 saturated heterocycles. The van der Waals surface area contributed by atoms with Gasteiger partial charge in [-0.1, -0.05) is 53.0 Å². The van der Waals surface area contributed by atoms with Crippen molar-refractivity contribution in [1.29, 1.82) is 0 Å². The highest BCUT2D eigenvalue weighted by Gasteiger charge is 2.18. The van der Waals surface area contributed by atoms with Gasteiger partial charge in [0.05, 0.1) is 12.4 Å². The highest BCUT2D eigenvalue weighted by atomic mass is 32.2. The predicted octanol–water partition coefficient (Wildman–Crippen LogP) is 4.81. The van der Waals surface area contributed by atoms with E-state index in [2.05, 4.69) is 11.6 Å². The molecule has 0 saturated carbocycles. The van der Waals surface area contributed by atoms with Crippen LogP contribution in [0, 0.1) is 11.2 Å². The standard InChI is InChI=1S/C19H32FNO3S/c1-6-7-8-9-12-25(22,23)21-15(2)16-10-11-17(20)18(13-16)24-14-19(3,4)5/h10-11,13,15,21H,6-9,12,14H2,1-5H3/t15-/m1/s1. The summed E-state index contributed by atoms with van der Waals surface area (Å²) in [5, 5.41) is 0. The van der Waals surface area contributed by atoms with Crippen LogP contribution in [0.3, 0.4) is 0 Å². The van der Waals surface area contributed by atoms with Crippen molar-refractivity contribution in [1.82, 2.24) is 4.72 Å². The van der Waals surface area contributed by atoms with Gasteiger partial charge < -0.3 is 4.74 Å². The van der Waals surface area contributed by atoms with Crippen LogP contribution in [0.5, 0.6) is 5.75 Å². The molecule has 0 aliphatic rings. The van der Waals surface area contributed by atoms with Crippen LogP contribution in [0.4, 0.5) is 4.39 Å². The lowest BCUT2D eigenvalue weighted by Gasteiger charge is -2.20. The Kier molecular flexibility index (Phi) is 8.35. The maximum absolute atomic E-state index is 13.9. The number of halogens is 1. The van der Waals surface area contributed by atoms with Gasteiger partial charge in [-0.2, -0.15) is 0 Å². The monoisotopic (exact) mass is 373 g/mol. The topological polar surface area (TPSA) is 55.4 Å².